The summed E-state index contributed by atoms with van der Waals surface area (Å²) in [6, 6.07) is 5.81. The van der Waals surface area contributed by atoms with Crippen molar-refractivity contribution in [2.75, 3.05) is 18.1 Å². The monoisotopic (exact) mass is 353 g/mol. The Balaban J connectivity index is 1.95. The maximum absolute atomic E-state index is 12.3. The third-order valence-electron chi connectivity index (χ3n) is 4.46. The molecular weight excluding hydrogens is 326 g/mol. The average Bonchev–Trinajstić information content (AvgIpc) is 2.51. The van der Waals surface area contributed by atoms with Crippen molar-refractivity contribution in [3.05, 3.63) is 29.3 Å². The lowest BCUT2D eigenvalue weighted by molar-refractivity contribution is -0.122. The normalized spacial score (nSPS) is 18.8. The van der Waals surface area contributed by atoms with Crippen molar-refractivity contribution in [2.24, 2.45) is 5.92 Å². The van der Waals surface area contributed by atoms with Gasteiger partial charge in [0.2, 0.25) is 5.91 Å². The fourth-order valence-electron chi connectivity index (χ4n) is 3.08. The van der Waals surface area contributed by atoms with E-state index in [0.717, 1.165) is 16.9 Å². The second-order valence-electron chi connectivity index (χ2n) is 6.56. The van der Waals surface area contributed by atoms with Crippen LogP contribution in [0.25, 0.3) is 0 Å². The molecule has 1 fully saturated rings. The van der Waals surface area contributed by atoms with Crippen LogP contribution in [0, 0.1) is 12.8 Å². The maximum atomic E-state index is 12.3. The van der Waals surface area contributed by atoms with Gasteiger partial charge < -0.3 is 10.1 Å². The molecule has 1 saturated heterocycles. The van der Waals surface area contributed by atoms with Crippen LogP contribution in [0.3, 0.4) is 0 Å². The molecule has 6 heteroatoms. The van der Waals surface area contributed by atoms with Gasteiger partial charge in [0.1, 0.15) is 15.6 Å². The van der Waals surface area contributed by atoms with Crippen LogP contribution in [0.1, 0.15) is 50.3 Å². The van der Waals surface area contributed by atoms with Crippen molar-refractivity contribution in [2.45, 2.75) is 46.1 Å². The number of carbonyl (C=O) groups is 1. The number of ether oxygens (including phenoxy) is 1. The molecule has 1 aromatic carbocycles. The second-order valence-corrected chi connectivity index (χ2v) is 8.87. The smallest absolute Gasteiger partial charge is 0.220 e. The third kappa shape index (κ3) is 5.23. The van der Waals surface area contributed by atoms with Crippen LogP contribution >= 0.6 is 0 Å². The highest BCUT2D eigenvalue weighted by Gasteiger charge is 2.26. The molecule has 1 heterocycles. The Kier molecular flexibility index (Phi) is 6.27. The minimum atomic E-state index is -2.88. The molecule has 0 aliphatic carbocycles. The largest absolute Gasteiger partial charge is 0.494 e. The number of aryl methyl sites for hydroxylation is 1. The molecule has 1 atom stereocenters. The van der Waals surface area contributed by atoms with Gasteiger partial charge in [-0.1, -0.05) is 17.7 Å². The first-order valence-electron chi connectivity index (χ1n) is 8.54. The first-order valence-corrected chi connectivity index (χ1v) is 10.4. The number of rotatable bonds is 6. The van der Waals surface area contributed by atoms with Gasteiger partial charge in [0, 0.05) is 12.0 Å². The summed E-state index contributed by atoms with van der Waals surface area (Å²) in [6.45, 7) is 6.47. The summed E-state index contributed by atoms with van der Waals surface area (Å²) in [4.78, 5) is 12.3. The Labute approximate surface area is 144 Å². The first-order chi connectivity index (χ1) is 11.3. The minimum absolute atomic E-state index is 0.0317. The van der Waals surface area contributed by atoms with Gasteiger partial charge in [-0.15, -0.1) is 0 Å². The highest BCUT2D eigenvalue weighted by atomic mass is 32.2. The van der Waals surface area contributed by atoms with E-state index in [9.17, 15) is 13.2 Å². The Morgan fingerprint density at radius 3 is 2.62 bits per heavy atom. The zero-order valence-corrected chi connectivity index (χ0v) is 15.5. The van der Waals surface area contributed by atoms with Crippen LogP contribution in [-0.4, -0.2) is 32.4 Å². The van der Waals surface area contributed by atoms with Crippen molar-refractivity contribution >= 4 is 15.7 Å². The average molecular weight is 353 g/mol. The van der Waals surface area contributed by atoms with Gasteiger partial charge in [-0.25, -0.2) is 8.42 Å². The van der Waals surface area contributed by atoms with Crippen molar-refractivity contribution in [1.29, 1.82) is 0 Å². The highest BCUT2D eigenvalue weighted by Crippen LogP contribution is 2.27. The topological polar surface area (TPSA) is 72.5 Å². The van der Waals surface area contributed by atoms with E-state index in [-0.39, 0.29) is 29.4 Å². The molecule has 1 aliphatic rings. The van der Waals surface area contributed by atoms with E-state index < -0.39 is 9.84 Å². The standard InChI is InChI=1S/C18H27NO4S/c1-4-23-17-6-5-13(2)11-16(17)14(3)19-18(20)12-15-7-9-24(21,22)10-8-15/h5-6,11,14-15H,4,7-10,12H2,1-3H3,(H,19,20). The molecule has 0 aromatic heterocycles. The third-order valence-corrected chi connectivity index (χ3v) is 6.17. The molecule has 24 heavy (non-hydrogen) atoms. The summed E-state index contributed by atoms with van der Waals surface area (Å²) in [6.07, 6.45) is 1.55. The van der Waals surface area contributed by atoms with Crippen LogP contribution in [0.5, 0.6) is 5.75 Å². The molecule has 134 valence electrons. The van der Waals surface area contributed by atoms with E-state index in [4.69, 9.17) is 4.74 Å². The SMILES string of the molecule is CCOc1ccc(C)cc1C(C)NC(=O)CC1CCS(=O)(=O)CC1. The van der Waals surface area contributed by atoms with E-state index in [2.05, 4.69) is 5.32 Å². The van der Waals surface area contributed by atoms with E-state index in [1.807, 2.05) is 39.0 Å². The predicted octanol–water partition coefficient (Wildman–Crippen LogP) is 2.79. The molecule has 0 bridgehead atoms. The molecule has 1 unspecified atom stereocenters. The van der Waals surface area contributed by atoms with Crippen LogP contribution < -0.4 is 10.1 Å². The molecule has 1 amide bonds. The van der Waals surface area contributed by atoms with E-state index in [1.165, 1.54) is 0 Å². The van der Waals surface area contributed by atoms with Gasteiger partial charge in [-0.3, -0.25) is 4.79 Å². The summed E-state index contributed by atoms with van der Waals surface area (Å²) in [5, 5.41) is 3.02. The number of carbonyl (C=O) groups excluding carboxylic acids is 1. The molecule has 0 radical (unpaired) electrons. The first kappa shape index (κ1) is 18.8. The Bertz CT molecular complexity index is 670. The maximum Gasteiger partial charge on any atom is 0.220 e. The highest BCUT2D eigenvalue weighted by molar-refractivity contribution is 7.91. The lowest BCUT2D eigenvalue weighted by Gasteiger charge is -2.23. The summed E-state index contributed by atoms with van der Waals surface area (Å²) >= 11 is 0. The molecule has 0 spiro atoms. The molecule has 5 nitrogen and oxygen atoms in total. The zero-order chi connectivity index (χ0) is 17.7. The van der Waals surface area contributed by atoms with Gasteiger partial charge in [-0.05, 0) is 45.6 Å². The second kappa shape index (κ2) is 8.01. The van der Waals surface area contributed by atoms with Gasteiger partial charge in [0.05, 0.1) is 24.2 Å². The van der Waals surface area contributed by atoms with Crippen LogP contribution in [0.4, 0.5) is 0 Å². The lowest BCUT2D eigenvalue weighted by atomic mass is 9.98. The lowest BCUT2D eigenvalue weighted by Crippen LogP contribution is -2.31. The Morgan fingerprint density at radius 1 is 1.33 bits per heavy atom. The van der Waals surface area contributed by atoms with Crippen molar-refractivity contribution in [3.8, 4) is 5.75 Å². The van der Waals surface area contributed by atoms with Crippen LogP contribution in [0.2, 0.25) is 0 Å². The molecule has 0 saturated carbocycles. The number of sulfone groups is 1. The number of amides is 1. The summed E-state index contributed by atoms with van der Waals surface area (Å²) in [5.74, 6) is 1.32. The fraction of sp³-hybridized carbons (Fsp3) is 0.611. The molecular formula is C18H27NO4S. The Morgan fingerprint density at radius 2 is 2.00 bits per heavy atom. The number of nitrogens with one attached hydrogen (secondary N) is 1. The van der Waals surface area contributed by atoms with E-state index >= 15 is 0 Å². The van der Waals surface area contributed by atoms with Gasteiger partial charge in [0.15, 0.2) is 0 Å². The fourth-order valence-corrected chi connectivity index (χ4v) is 4.67. The van der Waals surface area contributed by atoms with Crippen molar-refractivity contribution in [1.82, 2.24) is 5.32 Å². The van der Waals surface area contributed by atoms with Crippen LogP contribution in [0.15, 0.2) is 18.2 Å². The minimum Gasteiger partial charge on any atom is -0.494 e. The molecule has 1 N–H and O–H groups in total. The number of hydrogen-bond donors (Lipinski definition) is 1. The number of benzene rings is 1. The number of hydrogen-bond acceptors (Lipinski definition) is 4. The van der Waals surface area contributed by atoms with Gasteiger partial charge in [0.25, 0.3) is 0 Å². The quantitative estimate of drug-likeness (QED) is 0.853. The van der Waals surface area contributed by atoms with Crippen LogP contribution in [-0.2, 0) is 14.6 Å². The molecule has 2 rings (SSSR count). The van der Waals surface area contributed by atoms with E-state index in [1.54, 1.807) is 0 Å². The van der Waals surface area contributed by atoms with E-state index in [0.29, 0.717) is 25.9 Å². The van der Waals surface area contributed by atoms with Crippen molar-refractivity contribution in [3.63, 3.8) is 0 Å². The Hall–Kier alpha value is -1.56. The zero-order valence-electron chi connectivity index (χ0n) is 14.7. The summed E-state index contributed by atoms with van der Waals surface area (Å²) in [5.41, 5.74) is 2.09. The van der Waals surface area contributed by atoms with Gasteiger partial charge >= 0.3 is 0 Å². The van der Waals surface area contributed by atoms with Crippen molar-refractivity contribution < 1.29 is 17.9 Å². The molecule has 1 aliphatic heterocycles. The summed E-state index contributed by atoms with van der Waals surface area (Å²) in [7, 11) is -2.88. The summed E-state index contributed by atoms with van der Waals surface area (Å²) < 4.78 is 28.6. The van der Waals surface area contributed by atoms with Gasteiger partial charge in [-0.2, -0.15) is 0 Å². The molecule has 1 aromatic rings. The predicted molar refractivity (Wildman–Crippen MR) is 94.9 cm³/mol.